The van der Waals surface area contributed by atoms with Gasteiger partial charge in [0.05, 0.1) is 17.8 Å². The second-order valence-electron chi connectivity index (χ2n) is 7.76. The van der Waals surface area contributed by atoms with E-state index in [1.54, 1.807) is 33.8 Å². The van der Waals surface area contributed by atoms with Gasteiger partial charge in [-0.25, -0.2) is 8.42 Å². The van der Waals surface area contributed by atoms with Crippen molar-refractivity contribution in [2.75, 3.05) is 12.9 Å². The first-order valence-corrected chi connectivity index (χ1v) is 10.7. The molecule has 0 bridgehead atoms. The molecule has 0 radical (unpaired) electrons. The number of ether oxygens (including phenoxy) is 1. The molecule has 1 aromatic carbocycles. The Morgan fingerprint density at radius 2 is 1.81 bits per heavy atom. The Kier molecular flexibility index (Phi) is 5.71. The van der Waals surface area contributed by atoms with Crippen LogP contribution in [0.3, 0.4) is 0 Å². The van der Waals surface area contributed by atoms with Gasteiger partial charge in [-0.2, -0.15) is 0 Å². The van der Waals surface area contributed by atoms with Crippen LogP contribution in [0.1, 0.15) is 67.6 Å². The maximum atomic E-state index is 13.3. The molecule has 0 N–H and O–H groups in total. The van der Waals surface area contributed by atoms with Crippen LogP contribution in [0.4, 0.5) is 0 Å². The Labute approximate surface area is 161 Å². The molecule has 0 unspecified atom stereocenters. The molecule has 27 heavy (non-hydrogen) atoms. The van der Waals surface area contributed by atoms with E-state index >= 15 is 0 Å². The minimum absolute atomic E-state index is 0.0268. The Morgan fingerprint density at radius 3 is 2.33 bits per heavy atom. The van der Waals surface area contributed by atoms with E-state index in [1.807, 2.05) is 13.8 Å². The van der Waals surface area contributed by atoms with Gasteiger partial charge in [-0.15, -0.1) is 0 Å². The van der Waals surface area contributed by atoms with Crippen molar-refractivity contribution < 1.29 is 22.7 Å². The third kappa shape index (κ3) is 3.59. The number of aryl methyl sites for hydroxylation is 1. The fourth-order valence-corrected chi connectivity index (χ4v) is 6.13. The Balaban J connectivity index is 2.84. The largest absolute Gasteiger partial charge is 0.500 e. The summed E-state index contributed by atoms with van der Waals surface area (Å²) in [5.41, 5.74) is 1.88. The van der Waals surface area contributed by atoms with Crippen LogP contribution in [-0.2, 0) is 24.8 Å². The van der Waals surface area contributed by atoms with Crippen LogP contribution in [0.25, 0.3) is 0 Å². The van der Waals surface area contributed by atoms with E-state index in [9.17, 15) is 18.0 Å². The van der Waals surface area contributed by atoms with E-state index in [0.29, 0.717) is 33.6 Å². The summed E-state index contributed by atoms with van der Waals surface area (Å²) in [4.78, 5) is 26.0. The number of fused-ring (bicyclic) bond motifs is 1. The van der Waals surface area contributed by atoms with Crippen LogP contribution < -0.4 is 0 Å². The molecule has 0 atom stereocenters. The number of sulfone groups is 1. The lowest BCUT2D eigenvalue weighted by Gasteiger charge is -2.35. The average Bonchev–Trinajstić information content (AvgIpc) is 2.59. The van der Waals surface area contributed by atoms with Gasteiger partial charge in [-0.1, -0.05) is 20.8 Å². The smallest absolute Gasteiger partial charge is 0.200 e. The van der Waals surface area contributed by atoms with Crippen molar-refractivity contribution in [2.24, 2.45) is 0 Å². The maximum absolute atomic E-state index is 13.3. The molecule has 1 aromatic rings. The molecular formula is C21H28O5S. The van der Waals surface area contributed by atoms with Crippen molar-refractivity contribution >= 4 is 21.4 Å². The number of hydrogen-bond donors (Lipinski definition) is 0. The molecule has 148 valence electrons. The van der Waals surface area contributed by atoms with Crippen LogP contribution in [0.15, 0.2) is 22.3 Å². The van der Waals surface area contributed by atoms with Crippen molar-refractivity contribution in [1.29, 1.82) is 0 Å². The fourth-order valence-electron chi connectivity index (χ4n) is 3.86. The molecule has 0 spiro atoms. The lowest BCUT2D eigenvalue weighted by atomic mass is 9.76. The van der Waals surface area contributed by atoms with E-state index in [4.69, 9.17) is 4.74 Å². The van der Waals surface area contributed by atoms with Gasteiger partial charge in [0.2, 0.25) is 0 Å². The van der Waals surface area contributed by atoms with E-state index in [0.717, 1.165) is 0 Å². The monoisotopic (exact) mass is 392 g/mol. The molecule has 2 rings (SSSR count). The summed E-state index contributed by atoms with van der Waals surface area (Å²) in [6, 6.07) is 1.60. The molecule has 0 saturated heterocycles. The van der Waals surface area contributed by atoms with Gasteiger partial charge < -0.3 is 4.74 Å². The van der Waals surface area contributed by atoms with Gasteiger partial charge in [0, 0.05) is 12.0 Å². The van der Waals surface area contributed by atoms with Crippen molar-refractivity contribution in [3.05, 3.63) is 39.7 Å². The average molecular weight is 393 g/mol. The van der Waals surface area contributed by atoms with Gasteiger partial charge in [0.15, 0.2) is 21.4 Å². The topological polar surface area (TPSA) is 77.5 Å². The van der Waals surface area contributed by atoms with Gasteiger partial charge in [0.1, 0.15) is 11.3 Å². The number of allylic oxidation sites excluding steroid dienone is 2. The SMILES string of the molecule is CCC(=O)/C(C(=O)c1cc(C)c2c(c1C)C(C)(C)CCS2(=O)=O)=C(\C)OC. The third-order valence-electron chi connectivity index (χ3n) is 5.44. The van der Waals surface area contributed by atoms with Crippen molar-refractivity contribution in [3.8, 4) is 0 Å². The highest BCUT2D eigenvalue weighted by Gasteiger charge is 2.39. The fraction of sp³-hybridized carbons (Fsp3) is 0.524. The van der Waals surface area contributed by atoms with Crippen molar-refractivity contribution in [1.82, 2.24) is 0 Å². The Hall–Kier alpha value is -1.95. The summed E-state index contributed by atoms with van der Waals surface area (Å²) >= 11 is 0. The Bertz CT molecular complexity index is 949. The summed E-state index contributed by atoms with van der Waals surface area (Å²) in [6.45, 7) is 10.8. The number of carbonyl (C=O) groups is 2. The van der Waals surface area contributed by atoms with Crippen LogP contribution >= 0.6 is 0 Å². The van der Waals surface area contributed by atoms with Gasteiger partial charge in [-0.05, 0) is 55.4 Å². The molecule has 1 aliphatic rings. The highest BCUT2D eigenvalue weighted by molar-refractivity contribution is 7.91. The number of benzene rings is 1. The Morgan fingerprint density at radius 1 is 1.22 bits per heavy atom. The van der Waals surface area contributed by atoms with Crippen molar-refractivity contribution in [2.45, 2.75) is 64.7 Å². The molecule has 0 aromatic heterocycles. The minimum atomic E-state index is -3.39. The van der Waals surface area contributed by atoms with E-state index in [1.165, 1.54) is 7.11 Å². The van der Waals surface area contributed by atoms with Crippen molar-refractivity contribution in [3.63, 3.8) is 0 Å². The number of carbonyl (C=O) groups excluding carboxylic acids is 2. The summed E-state index contributed by atoms with van der Waals surface area (Å²) < 4.78 is 30.6. The number of ketones is 2. The number of rotatable bonds is 5. The molecule has 6 heteroatoms. The molecule has 0 aliphatic carbocycles. The lowest BCUT2D eigenvalue weighted by Crippen LogP contribution is -2.33. The first kappa shape index (κ1) is 21.4. The molecule has 0 saturated carbocycles. The predicted molar refractivity (Wildman–Crippen MR) is 105 cm³/mol. The number of hydrogen-bond acceptors (Lipinski definition) is 5. The molecule has 0 fully saturated rings. The van der Waals surface area contributed by atoms with E-state index in [2.05, 4.69) is 0 Å². The van der Waals surface area contributed by atoms with E-state index < -0.39 is 15.6 Å². The van der Waals surface area contributed by atoms with Gasteiger partial charge in [0.25, 0.3) is 0 Å². The highest BCUT2D eigenvalue weighted by atomic mass is 32.2. The minimum Gasteiger partial charge on any atom is -0.500 e. The van der Waals surface area contributed by atoms with Gasteiger partial charge >= 0.3 is 0 Å². The first-order valence-electron chi connectivity index (χ1n) is 9.09. The summed E-state index contributed by atoms with van der Waals surface area (Å²) in [5, 5.41) is 0. The first-order chi connectivity index (χ1) is 12.4. The molecule has 1 aliphatic heterocycles. The van der Waals surface area contributed by atoms with Gasteiger partial charge in [-0.3, -0.25) is 9.59 Å². The van der Waals surface area contributed by atoms with E-state index in [-0.39, 0.29) is 34.7 Å². The van der Waals surface area contributed by atoms with Crippen LogP contribution in [0.5, 0.6) is 0 Å². The van der Waals surface area contributed by atoms with Crippen LogP contribution in [0.2, 0.25) is 0 Å². The van der Waals surface area contributed by atoms with Crippen LogP contribution in [0, 0.1) is 13.8 Å². The highest BCUT2D eigenvalue weighted by Crippen LogP contribution is 2.43. The summed E-state index contributed by atoms with van der Waals surface area (Å²) in [7, 11) is -1.96. The molecular weight excluding hydrogens is 364 g/mol. The zero-order chi connectivity index (χ0) is 20.7. The number of methoxy groups -OCH3 is 1. The summed E-state index contributed by atoms with van der Waals surface area (Å²) in [6.07, 6.45) is 0.679. The standard InChI is InChI=1S/C21H28O5S/c1-8-16(22)17(14(4)26-7)19(23)15-11-12(2)20-18(13(15)3)21(5,6)9-10-27(20,24)25/h11H,8-10H2,1-7H3/b17-14-. The number of Topliss-reactive ketones (excluding diaryl/α,β-unsaturated/α-hetero) is 2. The molecule has 5 nitrogen and oxygen atoms in total. The second kappa shape index (κ2) is 7.23. The maximum Gasteiger partial charge on any atom is 0.200 e. The normalized spacial score (nSPS) is 18.3. The zero-order valence-corrected chi connectivity index (χ0v) is 18.0. The lowest BCUT2D eigenvalue weighted by molar-refractivity contribution is -0.115. The third-order valence-corrected chi connectivity index (χ3v) is 7.33. The quantitative estimate of drug-likeness (QED) is 0.250. The second-order valence-corrected chi connectivity index (χ2v) is 9.81. The molecule has 0 amide bonds. The molecule has 1 heterocycles. The zero-order valence-electron chi connectivity index (χ0n) is 17.1. The summed E-state index contributed by atoms with van der Waals surface area (Å²) in [5.74, 6) is -0.332. The predicted octanol–water partition coefficient (Wildman–Crippen LogP) is 3.84. The van der Waals surface area contributed by atoms with Crippen LogP contribution in [-0.4, -0.2) is 32.8 Å².